The monoisotopic (exact) mass is 427 g/mol. The van der Waals surface area contributed by atoms with Crippen molar-refractivity contribution in [3.8, 4) is 28.7 Å². The first-order chi connectivity index (χ1) is 15.0. The summed E-state index contributed by atoms with van der Waals surface area (Å²) in [4.78, 5) is 12.7. The summed E-state index contributed by atoms with van der Waals surface area (Å²) in [6.45, 7) is 5.18. The van der Waals surface area contributed by atoms with E-state index in [9.17, 15) is 4.79 Å². The Balaban J connectivity index is 1.79. The van der Waals surface area contributed by atoms with Gasteiger partial charge < -0.3 is 29.0 Å². The molecule has 7 heteroatoms. The van der Waals surface area contributed by atoms with Crippen LogP contribution in [0.3, 0.4) is 0 Å². The lowest BCUT2D eigenvalue weighted by Gasteiger charge is -2.25. The van der Waals surface area contributed by atoms with Gasteiger partial charge in [-0.25, -0.2) is 0 Å². The van der Waals surface area contributed by atoms with Gasteiger partial charge in [-0.3, -0.25) is 4.79 Å². The van der Waals surface area contributed by atoms with Gasteiger partial charge in [0.25, 0.3) is 0 Å². The van der Waals surface area contributed by atoms with Crippen LogP contribution in [0.25, 0.3) is 6.08 Å². The fraction of sp³-hybridized carbons (Fsp3) is 0.375. The number of fused-ring (bicyclic) bond motifs is 1. The average Bonchev–Trinajstić information content (AvgIpc) is 2.79. The number of rotatable bonds is 8. The summed E-state index contributed by atoms with van der Waals surface area (Å²) in [5.41, 5.74) is 1.67. The van der Waals surface area contributed by atoms with Gasteiger partial charge in [0.1, 0.15) is 19.0 Å². The maximum Gasteiger partial charge on any atom is 0.244 e. The Bertz CT molecular complexity index is 953. The van der Waals surface area contributed by atoms with E-state index in [4.69, 9.17) is 23.7 Å². The van der Waals surface area contributed by atoms with Crippen molar-refractivity contribution < 1.29 is 28.5 Å². The van der Waals surface area contributed by atoms with Crippen LogP contribution >= 0.6 is 0 Å². The lowest BCUT2D eigenvalue weighted by atomic mass is 9.95. The molecule has 0 bridgehead atoms. The van der Waals surface area contributed by atoms with Crippen LogP contribution in [0.4, 0.5) is 0 Å². The molecule has 0 radical (unpaired) electrons. The fourth-order valence-corrected chi connectivity index (χ4v) is 3.44. The summed E-state index contributed by atoms with van der Waals surface area (Å²) in [7, 11) is 4.69. The lowest BCUT2D eigenvalue weighted by Crippen LogP contribution is -2.30. The molecule has 1 atom stereocenters. The van der Waals surface area contributed by atoms with Gasteiger partial charge in [0.15, 0.2) is 23.0 Å². The summed E-state index contributed by atoms with van der Waals surface area (Å²) in [5, 5.41) is 3.08. The van der Waals surface area contributed by atoms with Crippen LogP contribution in [-0.2, 0) is 4.79 Å². The minimum atomic E-state index is -0.217. The topological polar surface area (TPSA) is 75.3 Å². The molecule has 1 amide bonds. The van der Waals surface area contributed by atoms with Crippen LogP contribution in [0.5, 0.6) is 28.7 Å². The standard InChI is InChI=1S/C24H29NO6/c1-15(2)24(17-6-8-18-22(13-17)31-11-10-30-18)25-23(26)9-7-16-12-20(28-4)21(29-5)14-19(16)27-3/h6-9,12-15,24H,10-11H2,1-5H3,(H,25,26)/b9-7+/t24-/m0/s1. The van der Waals surface area contributed by atoms with E-state index in [1.807, 2.05) is 18.2 Å². The third-order valence-electron chi connectivity index (χ3n) is 5.04. The van der Waals surface area contributed by atoms with Crippen LogP contribution < -0.4 is 29.0 Å². The Morgan fingerprint density at radius 1 is 0.935 bits per heavy atom. The van der Waals surface area contributed by atoms with Crippen molar-refractivity contribution in [2.45, 2.75) is 19.9 Å². The second-order valence-electron chi connectivity index (χ2n) is 7.42. The number of carbonyl (C=O) groups is 1. The predicted octanol–water partition coefficient (Wildman–Crippen LogP) is 4.01. The summed E-state index contributed by atoms with van der Waals surface area (Å²) in [6.07, 6.45) is 3.18. The molecule has 3 rings (SSSR count). The van der Waals surface area contributed by atoms with Gasteiger partial charge in [0.05, 0.1) is 27.4 Å². The van der Waals surface area contributed by atoms with E-state index in [0.717, 1.165) is 11.3 Å². The van der Waals surface area contributed by atoms with E-state index in [-0.39, 0.29) is 17.9 Å². The second-order valence-corrected chi connectivity index (χ2v) is 7.42. The highest BCUT2D eigenvalue weighted by Crippen LogP contribution is 2.36. The second kappa shape index (κ2) is 10.1. The summed E-state index contributed by atoms with van der Waals surface area (Å²) < 4.78 is 27.3. The van der Waals surface area contributed by atoms with Gasteiger partial charge in [0, 0.05) is 17.7 Å². The molecule has 0 aromatic heterocycles. The van der Waals surface area contributed by atoms with E-state index in [1.165, 1.54) is 6.08 Å². The van der Waals surface area contributed by atoms with Crippen molar-refractivity contribution in [1.29, 1.82) is 0 Å². The Hall–Kier alpha value is -3.35. The number of nitrogens with one attached hydrogen (secondary N) is 1. The number of benzene rings is 2. The van der Waals surface area contributed by atoms with Crippen molar-refractivity contribution in [2.75, 3.05) is 34.5 Å². The van der Waals surface area contributed by atoms with Crippen molar-refractivity contribution >= 4 is 12.0 Å². The molecule has 0 unspecified atom stereocenters. The van der Waals surface area contributed by atoms with Crippen LogP contribution in [0.1, 0.15) is 31.0 Å². The summed E-state index contributed by atoms with van der Waals surface area (Å²) >= 11 is 0. The van der Waals surface area contributed by atoms with Crippen LogP contribution in [0.15, 0.2) is 36.4 Å². The molecule has 31 heavy (non-hydrogen) atoms. The fourth-order valence-electron chi connectivity index (χ4n) is 3.44. The maximum atomic E-state index is 12.7. The molecule has 7 nitrogen and oxygen atoms in total. The number of ether oxygens (including phenoxy) is 5. The molecule has 2 aromatic carbocycles. The van der Waals surface area contributed by atoms with Crippen LogP contribution in [0.2, 0.25) is 0 Å². The molecule has 1 aliphatic heterocycles. The van der Waals surface area contributed by atoms with Gasteiger partial charge in [-0.1, -0.05) is 19.9 Å². The third-order valence-corrected chi connectivity index (χ3v) is 5.04. The lowest BCUT2D eigenvalue weighted by molar-refractivity contribution is -0.117. The van der Waals surface area contributed by atoms with Crippen molar-refractivity contribution in [3.05, 3.63) is 47.5 Å². The van der Waals surface area contributed by atoms with Crippen molar-refractivity contribution in [1.82, 2.24) is 5.32 Å². The quantitative estimate of drug-likeness (QED) is 0.642. The Morgan fingerprint density at radius 2 is 1.58 bits per heavy atom. The molecule has 0 aliphatic carbocycles. The number of hydrogen-bond donors (Lipinski definition) is 1. The highest BCUT2D eigenvalue weighted by molar-refractivity contribution is 5.92. The minimum Gasteiger partial charge on any atom is -0.496 e. The van der Waals surface area contributed by atoms with Gasteiger partial charge >= 0.3 is 0 Å². The molecule has 0 saturated heterocycles. The van der Waals surface area contributed by atoms with E-state index in [0.29, 0.717) is 41.8 Å². The molecule has 0 saturated carbocycles. The van der Waals surface area contributed by atoms with Gasteiger partial charge in [-0.05, 0) is 35.8 Å². The molecule has 1 heterocycles. The van der Waals surface area contributed by atoms with E-state index in [1.54, 1.807) is 39.5 Å². The summed E-state index contributed by atoms with van der Waals surface area (Å²) in [6, 6.07) is 9.08. The largest absolute Gasteiger partial charge is 0.496 e. The number of amides is 1. The maximum absolute atomic E-state index is 12.7. The van der Waals surface area contributed by atoms with Crippen LogP contribution in [-0.4, -0.2) is 40.5 Å². The van der Waals surface area contributed by atoms with Crippen molar-refractivity contribution in [3.63, 3.8) is 0 Å². The first-order valence-electron chi connectivity index (χ1n) is 10.1. The molecule has 166 valence electrons. The normalized spacial score (nSPS) is 13.7. The Labute approximate surface area is 182 Å². The van der Waals surface area contributed by atoms with Crippen molar-refractivity contribution in [2.24, 2.45) is 5.92 Å². The average molecular weight is 427 g/mol. The molecule has 2 aromatic rings. The molecule has 0 fully saturated rings. The molecule has 0 spiro atoms. The molecule has 1 N–H and O–H groups in total. The molecule has 1 aliphatic rings. The van der Waals surface area contributed by atoms with E-state index >= 15 is 0 Å². The zero-order chi connectivity index (χ0) is 22.4. The third kappa shape index (κ3) is 5.23. The van der Waals surface area contributed by atoms with E-state index in [2.05, 4.69) is 19.2 Å². The van der Waals surface area contributed by atoms with Crippen LogP contribution in [0, 0.1) is 5.92 Å². The van der Waals surface area contributed by atoms with Gasteiger partial charge in [0.2, 0.25) is 5.91 Å². The zero-order valence-corrected chi connectivity index (χ0v) is 18.6. The SMILES string of the molecule is COc1cc(OC)c(OC)cc1/C=C/C(=O)N[C@H](c1ccc2c(c1)OCCO2)C(C)C. The van der Waals surface area contributed by atoms with E-state index < -0.39 is 0 Å². The first kappa shape index (κ1) is 22.3. The summed E-state index contributed by atoms with van der Waals surface area (Å²) in [5.74, 6) is 3.08. The van der Waals surface area contributed by atoms with Gasteiger partial charge in [-0.15, -0.1) is 0 Å². The molecular weight excluding hydrogens is 398 g/mol. The highest BCUT2D eigenvalue weighted by atomic mass is 16.6. The number of methoxy groups -OCH3 is 3. The Morgan fingerprint density at radius 3 is 2.23 bits per heavy atom. The van der Waals surface area contributed by atoms with Gasteiger partial charge in [-0.2, -0.15) is 0 Å². The number of carbonyl (C=O) groups excluding carboxylic acids is 1. The zero-order valence-electron chi connectivity index (χ0n) is 18.6. The Kier molecular flexibility index (Phi) is 7.28. The smallest absolute Gasteiger partial charge is 0.244 e. The predicted molar refractivity (Wildman–Crippen MR) is 118 cm³/mol. The number of hydrogen-bond acceptors (Lipinski definition) is 6. The first-order valence-corrected chi connectivity index (χ1v) is 10.1. The molecular formula is C24H29NO6. The highest BCUT2D eigenvalue weighted by Gasteiger charge is 2.21. The minimum absolute atomic E-state index is 0.176.